The summed E-state index contributed by atoms with van der Waals surface area (Å²) in [5, 5.41) is 13.8. The predicted octanol–water partition coefficient (Wildman–Crippen LogP) is 4.27. The number of carbonyl (C=O) groups excluding carboxylic acids is 1. The average molecular weight is 455 g/mol. The minimum Gasteiger partial charge on any atom is -0.495 e. The number of methoxy groups -OCH3 is 1. The van der Waals surface area contributed by atoms with Crippen LogP contribution in [0.2, 0.25) is 0 Å². The molecule has 0 aromatic heterocycles. The van der Waals surface area contributed by atoms with E-state index in [4.69, 9.17) is 4.74 Å². The molecule has 10 heteroatoms. The van der Waals surface area contributed by atoms with Crippen molar-refractivity contribution in [1.29, 1.82) is 0 Å². The lowest BCUT2D eigenvalue weighted by molar-refractivity contribution is -0.384. The predicted molar refractivity (Wildman–Crippen MR) is 121 cm³/mol. The van der Waals surface area contributed by atoms with Crippen LogP contribution in [0, 0.1) is 24.0 Å². The lowest BCUT2D eigenvalue weighted by atomic mass is 10.1. The highest BCUT2D eigenvalue weighted by atomic mass is 32.2. The molecule has 166 valence electrons. The lowest BCUT2D eigenvalue weighted by Gasteiger charge is -2.13. The number of hydrogen-bond acceptors (Lipinski definition) is 6. The number of benzene rings is 3. The van der Waals surface area contributed by atoms with Gasteiger partial charge in [-0.3, -0.25) is 19.6 Å². The number of carbonyl (C=O) groups is 1. The van der Waals surface area contributed by atoms with Crippen molar-refractivity contribution in [3.63, 3.8) is 0 Å². The van der Waals surface area contributed by atoms with E-state index in [1.54, 1.807) is 6.07 Å². The van der Waals surface area contributed by atoms with E-state index >= 15 is 0 Å². The second-order valence-corrected chi connectivity index (χ2v) is 8.71. The number of aryl methyl sites for hydroxylation is 2. The van der Waals surface area contributed by atoms with Crippen LogP contribution in [0.4, 0.5) is 17.1 Å². The fraction of sp³-hybridized carbons (Fsp3) is 0.136. The van der Waals surface area contributed by atoms with Crippen molar-refractivity contribution in [2.45, 2.75) is 18.7 Å². The van der Waals surface area contributed by atoms with Crippen molar-refractivity contribution in [3.05, 3.63) is 87.5 Å². The second kappa shape index (κ2) is 9.06. The summed E-state index contributed by atoms with van der Waals surface area (Å²) in [6.07, 6.45) is 0. The van der Waals surface area contributed by atoms with Crippen LogP contribution in [0.1, 0.15) is 21.5 Å². The van der Waals surface area contributed by atoms with Gasteiger partial charge < -0.3 is 10.1 Å². The van der Waals surface area contributed by atoms with Crippen molar-refractivity contribution in [1.82, 2.24) is 0 Å². The molecule has 0 heterocycles. The molecule has 0 unspecified atom stereocenters. The van der Waals surface area contributed by atoms with E-state index in [9.17, 15) is 23.3 Å². The number of nitro benzene ring substituents is 1. The normalized spacial score (nSPS) is 11.0. The number of sulfonamides is 1. The summed E-state index contributed by atoms with van der Waals surface area (Å²) in [6.45, 7) is 3.88. The van der Waals surface area contributed by atoms with Gasteiger partial charge in [0.2, 0.25) is 0 Å². The molecule has 2 N–H and O–H groups in total. The maximum absolute atomic E-state index is 12.9. The van der Waals surface area contributed by atoms with Gasteiger partial charge >= 0.3 is 0 Å². The summed E-state index contributed by atoms with van der Waals surface area (Å²) < 4.78 is 33.2. The Morgan fingerprint density at radius 2 is 1.75 bits per heavy atom. The van der Waals surface area contributed by atoms with Gasteiger partial charge in [0, 0.05) is 23.4 Å². The Balaban J connectivity index is 1.88. The molecule has 3 aromatic rings. The SMILES string of the molecule is COc1ccc([N+](=O)[O-])cc1NS(=O)(=O)c1cccc(C(=O)Nc2ccc(C)c(C)c2)c1. The van der Waals surface area contributed by atoms with Crippen LogP contribution in [0.15, 0.2) is 65.6 Å². The van der Waals surface area contributed by atoms with Gasteiger partial charge in [0.1, 0.15) is 5.75 Å². The second-order valence-electron chi connectivity index (χ2n) is 7.03. The van der Waals surface area contributed by atoms with Crippen molar-refractivity contribution in [3.8, 4) is 5.75 Å². The third kappa shape index (κ3) is 5.03. The number of nitro groups is 1. The highest BCUT2D eigenvalue weighted by Crippen LogP contribution is 2.31. The summed E-state index contributed by atoms with van der Waals surface area (Å²) in [5.74, 6) is -0.360. The van der Waals surface area contributed by atoms with Crippen LogP contribution < -0.4 is 14.8 Å². The highest BCUT2D eigenvalue weighted by molar-refractivity contribution is 7.92. The van der Waals surface area contributed by atoms with Crippen molar-refractivity contribution < 1.29 is 22.9 Å². The molecule has 3 rings (SSSR count). The first-order chi connectivity index (χ1) is 15.1. The minimum absolute atomic E-state index is 0.0910. The zero-order chi connectivity index (χ0) is 23.5. The molecule has 3 aromatic carbocycles. The van der Waals surface area contributed by atoms with Gasteiger partial charge in [-0.05, 0) is 61.4 Å². The maximum Gasteiger partial charge on any atom is 0.271 e. The van der Waals surface area contributed by atoms with Gasteiger partial charge in [0.05, 0.1) is 22.6 Å². The zero-order valence-electron chi connectivity index (χ0n) is 17.6. The first kappa shape index (κ1) is 22.8. The van der Waals surface area contributed by atoms with Crippen LogP contribution in [0.25, 0.3) is 0 Å². The third-order valence-electron chi connectivity index (χ3n) is 4.81. The molecule has 0 fully saturated rings. The monoisotopic (exact) mass is 455 g/mol. The van der Waals surface area contributed by atoms with Gasteiger partial charge in [0.15, 0.2) is 0 Å². The van der Waals surface area contributed by atoms with E-state index in [-0.39, 0.29) is 27.6 Å². The molecule has 0 saturated carbocycles. The number of amides is 1. The number of hydrogen-bond donors (Lipinski definition) is 2. The van der Waals surface area contributed by atoms with Crippen LogP contribution in [0.3, 0.4) is 0 Å². The van der Waals surface area contributed by atoms with E-state index in [1.807, 2.05) is 26.0 Å². The zero-order valence-corrected chi connectivity index (χ0v) is 18.4. The molecular formula is C22H21N3O6S. The fourth-order valence-electron chi connectivity index (χ4n) is 2.92. The summed E-state index contributed by atoms with van der Waals surface area (Å²) >= 11 is 0. The third-order valence-corrected chi connectivity index (χ3v) is 6.17. The number of anilines is 2. The Bertz CT molecular complexity index is 1300. The minimum atomic E-state index is -4.16. The van der Waals surface area contributed by atoms with Gasteiger partial charge in [-0.15, -0.1) is 0 Å². The van der Waals surface area contributed by atoms with E-state index in [1.165, 1.54) is 43.5 Å². The molecule has 0 atom stereocenters. The van der Waals surface area contributed by atoms with E-state index < -0.39 is 20.9 Å². The maximum atomic E-state index is 12.9. The Morgan fingerprint density at radius 3 is 2.41 bits per heavy atom. The molecule has 0 aliphatic heterocycles. The summed E-state index contributed by atoms with van der Waals surface area (Å²) in [7, 11) is -2.85. The summed E-state index contributed by atoms with van der Waals surface area (Å²) in [6, 6.07) is 14.5. The molecule has 0 radical (unpaired) electrons. The molecule has 0 aliphatic rings. The number of nitrogens with zero attached hydrogens (tertiary/aromatic N) is 1. The standard InChI is InChI=1S/C22H21N3O6S/c1-14-7-8-17(11-15(14)2)23-22(26)16-5-4-6-19(12-16)32(29,30)24-20-13-18(25(27)28)9-10-21(20)31-3/h4-13,24H,1-3H3,(H,23,26). The molecule has 32 heavy (non-hydrogen) atoms. The summed E-state index contributed by atoms with van der Waals surface area (Å²) in [4.78, 5) is 22.9. The van der Waals surface area contributed by atoms with Gasteiger partial charge in [-0.25, -0.2) is 8.42 Å². The van der Waals surface area contributed by atoms with Gasteiger partial charge in [-0.2, -0.15) is 0 Å². The van der Waals surface area contributed by atoms with Crippen molar-refractivity contribution in [2.24, 2.45) is 0 Å². The number of non-ortho nitro benzene ring substituents is 1. The van der Waals surface area contributed by atoms with Crippen LogP contribution in [0.5, 0.6) is 5.75 Å². The topological polar surface area (TPSA) is 128 Å². The Kier molecular flexibility index (Phi) is 6.45. The van der Waals surface area contributed by atoms with Crippen LogP contribution in [-0.2, 0) is 10.0 Å². The van der Waals surface area contributed by atoms with E-state index in [2.05, 4.69) is 10.0 Å². The number of ether oxygens (including phenoxy) is 1. The molecule has 0 saturated heterocycles. The van der Waals surface area contributed by atoms with Crippen molar-refractivity contribution >= 4 is 33.0 Å². The Labute approximate surface area is 185 Å². The van der Waals surface area contributed by atoms with Gasteiger partial charge in [-0.1, -0.05) is 12.1 Å². The summed E-state index contributed by atoms with van der Waals surface area (Å²) in [5.41, 5.74) is 2.42. The van der Waals surface area contributed by atoms with Crippen LogP contribution in [-0.4, -0.2) is 26.4 Å². The molecule has 0 bridgehead atoms. The quantitative estimate of drug-likeness (QED) is 0.404. The lowest BCUT2D eigenvalue weighted by Crippen LogP contribution is -2.16. The largest absolute Gasteiger partial charge is 0.495 e. The molecule has 0 spiro atoms. The van der Waals surface area contributed by atoms with E-state index in [0.717, 1.165) is 17.2 Å². The van der Waals surface area contributed by atoms with Crippen LogP contribution >= 0.6 is 0 Å². The van der Waals surface area contributed by atoms with Crippen molar-refractivity contribution in [2.75, 3.05) is 17.1 Å². The number of nitrogens with one attached hydrogen (secondary N) is 2. The average Bonchev–Trinajstić information content (AvgIpc) is 2.76. The fourth-order valence-corrected chi connectivity index (χ4v) is 4.03. The highest BCUT2D eigenvalue weighted by Gasteiger charge is 2.20. The molecule has 9 nitrogen and oxygen atoms in total. The first-order valence-corrected chi connectivity index (χ1v) is 10.9. The molecular weight excluding hydrogens is 434 g/mol. The molecule has 1 amide bonds. The number of rotatable bonds is 7. The Hall–Kier alpha value is -3.92. The molecule has 0 aliphatic carbocycles. The smallest absolute Gasteiger partial charge is 0.271 e. The Morgan fingerprint density at radius 1 is 1.00 bits per heavy atom. The first-order valence-electron chi connectivity index (χ1n) is 9.44. The van der Waals surface area contributed by atoms with E-state index in [0.29, 0.717) is 5.69 Å². The van der Waals surface area contributed by atoms with Gasteiger partial charge in [0.25, 0.3) is 21.6 Å².